The van der Waals surface area contributed by atoms with Crippen molar-refractivity contribution in [3.8, 4) is 5.69 Å². The zero-order valence-electron chi connectivity index (χ0n) is 14.9. The van der Waals surface area contributed by atoms with Crippen LogP contribution in [0.4, 0.5) is 5.69 Å². The molecule has 3 rings (SSSR count). The molecule has 0 bridgehead atoms. The normalized spacial score (nSPS) is 14.6. The molecule has 0 atom stereocenters. The van der Waals surface area contributed by atoms with Crippen molar-refractivity contribution in [3.63, 3.8) is 0 Å². The number of hydrogen-bond acceptors (Lipinski definition) is 4. The van der Waals surface area contributed by atoms with E-state index < -0.39 is 0 Å². The molecule has 0 radical (unpaired) electrons. The number of benzene rings is 1. The summed E-state index contributed by atoms with van der Waals surface area (Å²) in [5.41, 5.74) is 1.06. The highest BCUT2D eigenvalue weighted by molar-refractivity contribution is 7.80. The van der Waals surface area contributed by atoms with E-state index in [1.54, 1.807) is 6.20 Å². The van der Waals surface area contributed by atoms with E-state index in [1.807, 2.05) is 30.3 Å². The fourth-order valence-corrected chi connectivity index (χ4v) is 3.55. The molecule has 2 aromatic rings. The summed E-state index contributed by atoms with van der Waals surface area (Å²) in [5.74, 6) is 0. The predicted molar refractivity (Wildman–Crippen MR) is 109 cm³/mol. The highest BCUT2D eigenvalue weighted by Gasteiger charge is 2.23. The highest BCUT2D eigenvalue weighted by Crippen LogP contribution is 2.23. The lowest BCUT2D eigenvalue weighted by Crippen LogP contribution is -2.53. The minimum atomic E-state index is -0.310. The monoisotopic (exact) mass is 391 g/mol. The van der Waals surface area contributed by atoms with Gasteiger partial charge in [-0.2, -0.15) is 9.78 Å². The molecular weight excluding hydrogens is 370 g/mol. The van der Waals surface area contributed by atoms with E-state index >= 15 is 0 Å². The third-order valence-corrected chi connectivity index (χ3v) is 4.95. The Bertz CT molecular complexity index is 831. The van der Waals surface area contributed by atoms with Crippen LogP contribution in [0.2, 0.25) is 5.02 Å². The molecule has 26 heavy (non-hydrogen) atoms. The Morgan fingerprint density at radius 1 is 1.19 bits per heavy atom. The van der Waals surface area contributed by atoms with E-state index in [2.05, 4.69) is 34.1 Å². The molecule has 0 unspecified atom stereocenters. The number of halogens is 1. The summed E-state index contributed by atoms with van der Waals surface area (Å²) in [6.45, 7) is 7.14. The molecule has 0 aliphatic carbocycles. The van der Waals surface area contributed by atoms with Crippen LogP contribution in [0, 0.1) is 0 Å². The van der Waals surface area contributed by atoms with Crippen LogP contribution in [0.5, 0.6) is 0 Å². The van der Waals surface area contributed by atoms with E-state index in [4.69, 9.17) is 23.8 Å². The van der Waals surface area contributed by atoms with Gasteiger partial charge >= 0.3 is 0 Å². The van der Waals surface area contributed by atoms with Gasteiger partial charge in [0.2, 0.25) is 0 Å². The Morgan fingerprint density at radius 3 is 2.46 bits per heavy atom. The molecule has 1 aliphatic heterocycles. The van der Waals surface area contributed by atoms with Gasteiger partial charge < -0.3 is 15.1 Å². The largest absolute Gasteiger partial charge is 0.365 e. The fraction of sp³-hybridized carbons (Fsp3) is 0.389. The Hall–Kier alpha value is -2.12. The van der Waals surface area contributed by atoms with E-state index in [1.165, 1.54) is 4.68 Å². The lowest BCUT2D eigenvalue weighted by molar-refractivity contribution is 0.377. The van der Waals surface area contributed by atoms with Gasteiger partial charge in [-0.25, -0.2) is 0 Å². The maximum atomic E-state index is 12.6. The molecule has 1 N–H and O–H groups in total. The van der Waals surface area contributed by atoms with Crippen LogP contribution in [0.3, 0.4) is 0 Å². The first-order valence-electron chi connectivity index (χ1n) is 8.61. The average molecular weight is 392 g/mol. The van der Waals surface area contributed by atoms with Crippen molar-refractivity contribution in [1.82, 2.24) is 20.0 Å². The van der Waals surface area contributed by atoms with Gasteiger partial charge in [-0.05, 0) is 38.2 Å². The van der Waals surface area contributed by atoms with Crippen molar-refractivity contribution in [3.05, 3.63) is 51.9 Å². The Balaban J connectivity index is 1.74. The van der Waals surface area contributed by atoms with Gasteiger partial charge in [0.15, 0.2) is 5.11 Å². The molecule has 1 aromatic carbocycles. The summed E-state index contributed by atoms with van der Waals surface area (Å²) >= 11 is 11.8. The second-order valence-corrected chi connectivity index (χ2v) is 7.24. The Morgan fingerprint density at radius 2 is 1.85 bits per heavy atom. The zero-order valence-corrected chi connectivity index (χ0v) is 16.4. The maximum absolute atomic E-state index is 12.6. The summed E-state index contributed by atoms with van der Waals surface area (Å²) in [6, 6.07) is 9.57. The van der Waals surface area contributed by atoms with Gasteiger partial charge in [-0.1, -0.05) is 29.8 Å². The minimum Gasteiger partial charge on any atom is -0.365 e. The molecule has 2 heterocycles. The van der Waals surface area contributed by atoms with Crippen molar-refractivity contribution in [2.24, 2.45) is 0 Å². The SMILES string of the molecule is CC(C)NC(=S)N1CCN(c2cnn(-c3ccccc3)c(=O)c2Cl)CC1. The molecule has 0 spiro atoms. The van der Waals surface area contributed by atoms with Gasteiger partial charge in [0.25, 0.3) is 5.56 Å². The zero-order chi connectivity index (χ0) is 18.7. The number of rotatable bonds is 3. The van der Waals surface area contributed by atoms with Crippen LogP contribution in [-0.4, -0.2) is 52.0 Å². The molecule has 1 saturated heterocycles. The molecule has 1 fully saturated rings. The number of para-hydroxylation sites is 1. The maximum Gasteiger partial charge on any atom is 0.292 e. The Labute approximate surface area is 163 Å². The molecule has 1 aromatic heterocycles. The average Bonchev–Trinajstić information content (AvgIpc) is 2.64. The van der Waals surface area contributed by atoms with Crippen molar-refractivity contribution < 1.29 is 0 Å². The standard InChI is InChI=1S/C18H22ClN5OS/c1-13(2)21-18(26)23-10-8-22(9-11-23)15-12-20-24(17(25)16(15)19)14-6-4-3-5-7-14/h3-7,12-13H,8-11H2,1-2H3,(H,21,26). The first kappa shape index (κ1) is 18.7. The van der Waals surface area contributed by atoms with Crippen molar-refractivity contribution in [2.75, 3.05) is 31.1 Å². The third kappa shape index (κ3) is 3.99. The summed E-state index contributed by atoms with van der Waals surface area (Å²) in [6.07, 6.45) is 1.66. The van der Waals surface area contributed by atoms with Gasteiger partial charge in [0, 0.05) is 32.2 Å². The fourth-order valence-electron chi connectivity index (χ4n) is 2.89. The molecule has 6 nitrogen and oxygen atoms in total. The topological polar surface area (TPSA) is 53.4 Å². The quantitative estimate of drug-likeness (QED) is 0.810. The second-order valence-electron chi connectivity index (χ2n) is 6.47. The van der Waals surface area contributed by atoms with Crippen LogP contribution >= 0.6 is 23.8 Å². The highest BCUT2D eigenvalue weighted by atomic mass is 35.5. The molecule has 138 valence electrons. The van der Waals surface area contributed by atoms with Crippen LogP contribution in [0.1, 0.15) is 13.8 Å². The molecule has 0 saturated carbocycles. The number of aromatic nitrogens is 2. The minimum absolute atomic E-state index is 0.195. The van der Waals surface area contributed by atoms with Gasteiger partial charge in [-0.3, -0.25) is 4.79 Å². The number of nitrogens with zero attached hydrogens (tertiary/aromatic N) is 4. The predicted octanol–water partition coefficient (Wildman–Crippen LogP) is 2.29. The van der Waals surface area contributed by atoms with Crippen molar-refractivity contribution in [2.45, 2.75) is 19.9 Å². The van der Waals surface area contributed by atoms with E-state index in [9.17, 15) is 4.79 Å². The summed E-state index contributed by atoms with van der Waals surface area (Å²) in [4.78, 5) is 16.8. The van der Waals surface area contributed by atoms with Gasteiger partial charge in [0.1, 0.15) is 5.02 Å². The van der Waals surface area contributed by atoms with E-state index in [-0.39, 0.29) is 10.6 Å². The van der Waals surface area contributed by atoms with Crippen LogP contribution in [0.15, 0.2) is 41.3 Å². The number of hydrogen-bond donors (Lipinski definition) is 1. The van der Waals surface area contributed by atoms with Gasteiger partial charge in [0.05, 0.1) is 17.6 Å². The second kappa shape index (κ2) is 8.05. The van der Waals surface area contributed by atoms with E-state index in [0.29, 0.717) is 17.4 Å². The molecule has 8 heteroatoms. The van der Waals surface area contributed by atoms with Gasteiger partial charge in [-0.15, -0.1) is 0 Å². The number of thiocarbonyl (C=S) groups is 1. The molecular formula is C18H22ClN5OS. The summed E-state index contributed by atoms with van der Waals surface area (Å²) in [7, 11) is 0. The lowest BCUT2D eigenvalue weighted by atomic mass is 10.3. The number of anilines is 1. The third-order valence-electron chi connectivity index (χ3n) is 4.22. The number of nitrogens with one attached hydrogen (secondary N) is 1. The van der Waals surface area contributed by atoms with Crippen LogP contribution in [0.25, 0.3) is 5.69 Å². The number of piperazine rings is 1. The molecule has 1 aliphatic rings. The first-order chi connectivity index (χ1) is 12.5. The van der Waals surface area contributed by atoms with Crippen molar-refractivity contribution >= 4 is 34.6 Å². The van der Waals surface area contributed by atoms with Crippen LogP contribution < -0.4 is 15.8 Å². The molecule has 0 amide bonds. The summed E-state index contributed by atoms with van der Waals surface area (Å²) < 4.78 is 1.32. The lowest BCUT2D eigenvalue weighted by Gasteiger charge is -2.37. The smallest absolute Gasteiger partial charge is 0.292 e. The van der Waals surface area contributed by atoms with Crippen LogP contribution in [-0.2, 0) is 0 Å². The first-order valence-corrected chi connectivity index (χ1v) is 9.39. The Kier molecular flexibility index (Phi) is 5.78. The van der Waals surface area contributed by atoms with Crippen molar-refractivity contribution in [1.29, 1.82) is 0 Å². The van der Waals surface area contributed by atoms with E-state index in [0.717, 1.165) is 31.3 Å². The summed E-state index contributed by atoms with van der Waals surface area (Å²) in [5, 5.41) is 8.53.